The molecule has 0 spiro atoms. The summed E-state index contributed by atoms with van der Waals surface area (Å²) in [7, 11) is 0. The van der Waals surface area contributed by atoms with E-state index < -0.39 is 5.91 Å². The SMILES string of the molecule is NNc1cncc(C(=O)Nc2ccc(F)cc2I)n1. The van der Waals surface area contributed by atoms with Crippen molar-refractivity contribution in [2.24, 2.45) is 5.84 Å². The third kappa shape index (κ3) is 3.35. The number of carbonyl (C=O) groups excluding carboxylic acids is 1. The molecular weight excluding hydrogens is 364 g/mol. The van der Waals surface area contributed by atoms with Gasteiger partial charge in [0, 0.05) is 3.57 Å². The van der Waals surface area contributed by atoms with Crippen LogP contribution < -0.4 is 16.6 Å². The van der Waals surface area contributed by atoms with Crippen molar-refractivity contribution in [3.63, 3.8) is 0 Å². The van der Waals surface area contributed by atoms with Gasteiger partial charge in [0.1, 0.15) is 11.5 Å². The highest BCUT2D eigenvalue weighted by atomic mass is 127. The number of nitrogen functional groups attached to an aromatic ring is 1. The van der Waals surface area contributed by atoms with Crippen LogP contribution in [-0.2, 0) is 0 Å². The predicted molar refractivity (Wildman–Crippen MR) is 76.9 cm³/mol. The van der Waals surface area contributed by atoms with Crippen LogP contribution in [0.1, 0.15) is 10.5 Å². The molecule has 0 aliphatic heterocycles. The minimum absolute atomic E-state index is 0.107. The van der Waals surface area contributed by atoms with Crippen LogP contribution in [0, 0.1) is 9.39 Å². The average Bonchev–Trinajstić information content (AvgIpc) is 2.42. The number of nitrogens with two attached hydrogens (primary N) is 1. The fourth-order valence-corrected chi connectivity index (χ4v) is 1.93. The zero-order valence-corrected chi connectivity index (χ0v) is 11.7. The number of hydrazine groups is 1. The normalized spacial score (nSPS) is 10.1. The van der Waals surface area contributed by atoms with E-state index in [1.165, 1.54) is 30.6 Å². The lowest BCUT2D eigenvalue weighted by atomic mass is 10.3. The van der Waals surface area contributed by atoms with Crippen molar-refractivity contribution >= 4 is 40.0 Å². The van der Waals surface area contributed by atoms with Crippen LogP contribution in [0.25, 0.3) is 0 Å². The Morgan fingerprint density at radius 2 is 2.16 bits per heavy atom. The molecule has 0 saturated heterocycles. The molecule has 0 aliphatic carbocycles. The minimum atomic E-state index is -0.450. The monoisotopic (exact) mass is 373 g/mol. The van der Waals surface area contributed by atoms with Crippen molar-refractivity contribution in [2.45, 2.75) is 0 Å². The van der Waals surface area contributed by atoms with Gasteiger partial charge in [0.05, 0.1) is 18.1 Å². The molecule has 0 bridgehead atoms. The molecule has 1 amide bonds. The summed E-state index contributed by atoms with van der Waals surface area (Å²) in [6.07, 6.45) is 2.70. The molecule has 2 aromatic rings. The Kier molecular flexibility index (Phi) is 4.22. The molecule has 19 heavy (non-hydrogen) atoms. The molecule has 1 heterocycles. The van der Waals surface area contributed by atoms with Crippen LogP contribution in [-0.4, -0.2) is 15.9 Å². The molecule has 6 nitrogen and oxygen atoms in total. The molecule has 0 unspecified atom stereocenters. The molecule has 2 rings (SSSR count). The number of hydrogen-bond acceptors (Lipinski definition) is 5. The Balaban J connectivity index is 2.20. The maximum atomic E-state index is 12.9. The van der Waals surface area contributed by atoms with Crippen molar-refractivity contribution in [3.05, 3.63) is 45.7 Å². The fraction of sp³-hybridized carbons (Fsp3) is 0. The lowest BCUT2D eigenvalue weighted by Crippen LogP contribution is -2.17. The van der Waals surface area contributed by atoms with Gasteiger partial charge in [0.15, 0.2) is 5.82 Å². The zero-order chi connectivity index (χ0) is 13.8. The van der Waals surface area contributed by atoms with Crippen molar-refractivity contribution < 1.29 is 9.18 Å². The van der Waals surface area contributed by atoms with E-state index in [4.69, 9.17) is 5.84 Å². The van der Waals surface area contributed by atoms with E-state index in [2.05, 4.69) is 20.7 Å². The number of aromatic nitrogens is 2. The quantitative estimate of drug-likeness (QED) is 0.433. The Labute approximate surface area is 121 Å². The smallest absolute Gasteiger partial charge is 0.275 e. The van der Waals surface area contributed by atoms with Crippen molar-refractivity contribution in [1.29, 1.82) is 0 Å². The summed E-state index contributed by atoms with van der Waals surface area (Å²) >= 11 is 1.93. The van der Waals surface area contributed by atoms with Crippen molar-refractivity contribution in [3.8, 4) is 0 Å². The maximum absolute atomic E-state index is 12.9. The van der Waals surface area contributed by atoms with Gasteiger partial charge in [0.2, 0.25) is 0 Å². The van der Waals surface area contributed by atoms with E-state index in [1.807, 2.05) is 22.6 Å². The predicted octanol–water partition coefficient (Wildman–Crippen LogP) is 1.76. The molecule has 0 atom stereocenters. The molecule has 0 saturated carbocycles. The number of benzene rings is 1. The Morgan fingerprint density at radius 3 is 2.84 bits per heavy atom. The topological polar surface area (TPSA) is 92.9 Å². The third-order valence-electron chi connectivity index (χ3n) is 2.19. The van der Waals surface area contributed by atoms with Gasteiger partial charge in [-0.25, -0.2) is 15.2 Å². The molecule has 1 aromatic carbocycles. The third-order valence-corrected chi connectivity index (χ3v) is 3.09. The lowest BCUT2D eigenvalue weighted by molar-refractivity contribution is 0.102. The second-order valence-electron chi connectivity index (χ2n) is 3.51. The zero-order valence-electron chi connectivity index (χ0n) is 9.52. The molecule has 0 radical (unpaired) electrons. The molecule has 98 valence electrons. The van der Waals surface area contributed by atoms with Gasteiger partial charge in [0.25, 0.3) is 5.91 Å². The molecule has 8 heteroatoms. The number of anilines is 2. The number of rotatable bonds is 3. The number of nitrogens with zero attached hydrogens (tertiary/aromatic N) is 2. The largest absolute Gasteiger partial charge is 0.320 e. The van der Waals surface area contributed by atoms with Crippen LogP contribution in [0.3, 0.4) is 0 Å². The second kappa shape index (κ2) is 5.89. The summed E-state index contributed by atoms with van der Waals surface area (Å²) in [5, 5.41) is 2.62. The van der Waals surface area contributed by atoms with Crippen LogP contribution in [0.5, 0.6) is 0 Å². The van der Waals surface area contributed by atoms with Crippen LogP contribution in [0.4, 0.5) is 15.9 Å². The summed E-state index contributed by atoms with van der Waals surface area (Å²) < 4.78 is 13.5. The minimum Gasteiger partial charge on any atom is -0.320 e. The van der Waals surface area contributed by atoms with Gasteiger partial charge in [-0.2, -0.15) is 0 Å². The highest BCUT2D eigenvalue weighted by Gasteiger charge is 2.11. The van der Waals surface area contributed by atoms with Gasteiger partial charge in [-0.3, -0.25) is 9.78 Å². The molecular formula is C11H9FIN5O. The van der Waals surface area contributed by atoms with Gasteiger partial charge < -0.3 is 10.7 Å². The van der Waals surface area contributed by atoms with E-state index in [1.54, 1.807) is 0 Å². The Hall–Kier alpha value is -1.81. The number of hydrogen-bond donors (Lipinski definition) is 3. The molecule has 4 N–H and O–H groups in total. The summed E-state index contributed by atoms with van der Waals surface area (Å²) in [4.78, 5) is 19.7. The first-order chi connectivity index (χ1) is 9.10. The summed E-state index contributed by atoms with van der Waals surface area (Å²) in [6, 6.07) is 4.06. The first kappa shape index (κ1) is 13.6. The van der Waals surface area contributed by atoms with Crippen LogP contribution in [0.15, 0.2) is 30.6 Å². The van der Waals surface area contributed by atoms with E-state index >= 15 is 0 Å². The lowest BCUT2D eigenvalue weighted by Gasteiger charge is -2.07. The van der Waals surface area contributed by atoms with Gasteiger partial charge in [-0.1, -0.05) is 0 Å². The Morgan fingerprint density at radius 1 is 1.37 bits per heavy atom. The average molecular weight is 373 g/mol. The van der Waals surface area contributed by atoms with E-state index in [-0.39, 0.29) is 17.3 Å². The standard InChI is InChI=1S/C11H9FIN5O/c12-6-1-2-8(7(13)3-6)17-11(19)9-4-15-5-10(16-9)18-14/h1-5H,14H2,(H,16,18)(H,17,19). The summed E-state index contributed by atoms with van der Waals surface area (Å²) in [6.45, 7) is 0. The fourth-order valence-electron chi connectivity index (χ4n) is 1.32. The second-order valence-corrected chi connectivity index (χ2v) is 4.67. The van der Waals surface area contributed by atoms with Crippen LogP contribution >= 0.6 is 22.6 Å². The summed E-state index contributed by atoms with van der Waals surface area (Å²) in [5.74, 6) is 4.65. The van der Waals surface area contributed by atoms with Gasteiger partial charge in [-0.05, 0) is 40.8 Å². The van der Waals surface area contributed by atoms with Crippen molar-refractivity contribution in [2.75, 3.05) is 10.7 Å². The summed E-state index contributed by atoms with van der Waals surface area (Å²) in [5.41, 5.74) is 2.91. The van der Waals surface area contributed by atoms with E-state index in [0.29, 0.717) is 9.26 Å². The van der Waals surface area contributed by atoms with Gasteiger partial charge >= 0.3 is 0 Å². The highest BCUT2D eigenvalue weighted by Crippen LogP contribution is 2.19. The maximum Gasteiger partial charge on any atom is 0.275 e. The first-order valence-corrected chi connectivity index (χ1v) is 6.23. The Bertz CT molecular complexity index is 622. The molecule has 0 fully saturated rings. The van der Waals surface area contributed by atoms with Crippen molar-refractivity contribution in [1.82, 2.24) is 9.97 Å². The van der Waals surface area contributed by atoms with Gasteiger partial charge in [-0.15, -0.1) is 0 Å². The molecule has 0 aliphatic rings. The first-order valence-electron chi connectivity index (χ1n) is 5.15. The molecule has 1 aromatic heterocycles. The number of amides is 1. The van der Waals surface area contributed by atoms with E-state index in [0.717, 1.165) is 0 Å². The number of halogens is 2. The van der Waals surface area contributed by atoms with E-state index in [9.17, 15) is 9.18 Å². The number of carbonyl (C=O) groups is 1. The van der Waals surface area contributed by atoms with Crippen LogP contribution in [0.2, 0.25) is 0 Å². The number of nitrogens with one attached hydrogen (secondary N) is 2. The highest BCUT2D eigenvalue weighted by molar-refractivity contribution is 14.1.